The molecule has 0 aliphatic rings. The van der Waals surface area contributed by atoms with E-state index in [1.165, 1.54) is 0 Å². The number of aryl methyl sites for hydroxylation is 1. The lowest BCUT2D eigenvalue weighted by molar-refractivity contribution is 0.0615. The van der Waals surface area contributed by atoms with E-state index < -0.39 is 0 Å². The summed E-state index contributed by atoms with van der Waals surface area (Å²) in [6, 6.07) is 1.67. The lowest BCUT2D eigenvalue weighted by atomic mass is 10.0. The summed E-state index contributed by atoms with van der Waals surface area (Å²) in [4.78, 5) is 18.4. The Labute approximate surface area is 109 Å². The molecule has 1 rings (SSSR count). The number of rotatable bonds is 3. The van der Waals surface area contributed by atoms with Crippen LogP contribution in [0.25, 0.3) is 0 Å². The van der Waals surface area contributed by atoms with Gasteiger partial charge in [0.05, 0.1) is 23.1 Å². The third-order valence-electron chi connectivity index (χ3n) is 2.71. The Bertz CT molecular complexity index is 461. The number of anilines is 1. The van der Waals surface area contributed by atoms with Crippen molar-refractivity contribution in [2.24, 2.45) is 0 Å². The van der Waals surface area contributed by atoms with Crippen molar-refractivity contribution >= 4 is 11.6 Å². The molecule has 4 heteroatoms. The molecule has 0 radical (unpaired) electrons. The largest absolute Gasteiger partial charge is 0.397 e. The van der Waals surface area contributed by atoms with Crippen molar-refractivity contribution in [1.82, 2.24) is 9.88 Å². The van der Waals surface area contributed by atoms with Gasteiger partial charge in [-0.25, -0.2) is 0 Å². The average molecular weight is 247 g/mol. The summed E-state index contributed by atoms with van der Waals surface area (Å²) in [5.74, 6) is -0.0697. The van der Waals surface area contributed by atoms with Gasteiger partial charge in [-0.1, -0.05) is 6.08 Å². The van der Waals surface area contributed by atoms with Gasteiger partial charge in [-0.3, -0.25) is 9.78 Å². The fraction of sp³-hybridized carbons (Fsp3) is 0.429. The Kier molecular flexibility index (Phi) is 4.11. The summed E-state index contributed by atoms with van der Waals surface area (Å²) in [5.41, 5.74) is 7.15. The molecule has 98 valence electrons. The van der Waals surface area contributed by atoms with Crippen LogP contribution in [0.15, 0.2) is 24.9 Å². The van der Waals surface area contributed by atoms with Crippen LogP contribution in [0, 0.1) is 6.92 Å². The third-order valence-corrected chi connectivity index (χ3v) is 2.71. The number of hydrogen-bond acceptors (Lipinski definition) is 3. The first-order chi connectivity index (χ1) is 8.27. The Morgan fingerprint density at radius 1 is 1.56 bits per heavy atom. The molecule has 1 amide bonds. The van der Waals surface area contributed by atoms with E-state index in [2.05, 4.69) is 11.6 Å². The van der Waals surface area contributed by atoms with E-state index in [1.807, 2.05) is 20.8 Å². The topological polar surface area (TPSA) is 59.2 Å². The zero-order valence-electron chi connectivity index (χ0n) is 11.5. The first-order valence-electron chi connectivity index (χ1n) is 5.92. The van der Waals surface area contributed by atoms with Gasteiger partial charge >= 0.3 is 0 Å². The quantitative estimate of drug-likeness (QED) is 0.834. The Morgan fingerprint density at radius 3 is 2.67 bits per heavy atom. The standard InChI is InChI=1S/C14H21N3O/c1-6-7-17(14(3,4)5)13(18)12-8-11(15)9-16-10(12)2/h6,8-9H,1,7,15H2,2-5H3. The number of aromatic nitrogens is 1. The van der Waals surface area contributed by atoms with Crippen LogP contribution >= 0.6 is 0 Å². The summed E-state index contributed by atoms with van der Waals surface area (Å²) in [6.45, 7) is 12.0. The van der Waals surface area contributed by atoms with Gasteiger partial charge in [0.15, 0.2) is 0 Å². The maximum Gasteiger partial charge on any atom is 0.256 e. The van der Waals surface area contributed by atoms with Gasteiger partial charge in [-0.15, -0.1) is 6.58 Å². The third kappa shape index (κ3) is 3.09. The molecule has 0 atom stereocenters. The summed E-state index contributed by atoms with van der Waals surface area (Å²) in [5, 5.41) is 0. The van der Waals surface area contributed by atoms with Gasteiger partial charge < -0.3 is 10.6 Å². The van der Waals surface area contributed by atoms with Crippen LogP contribution in [0.2, 0.25) is 0 Å². The van der Waals surface area contributed by atoms with Crippen molar-refractivity contribution in [2.75, 3.05) is 12.3 Å². The smallest absolute Gasteiger partial charge is 0.256 e. The van der Waals surface area contributed by atoms with E-state index >= 15 is 0 Å². The van der Waals surface area contributed by atoms with Gasteiger partial charge in [0, 0.05) is 12.1 Å². The van der Waals surface area contributed by atoms with E-state index in [4.69, 9.17) is 5.73 Å². The molecule has 1 heterocycles. The predicted octanol–water partition coefficient (Wildman–Crippen LogP) is 2.40. The molecular formula is C14H21N3O. The van der Waals surface area contributed by atoms with E-state index in [0.29, 0.717) is 23.5 Å². The number of hydrogen-bond donors (Lipinski definition) is 1. The summed E-state index contributed by atoms with van der Waals surface area (Å²) >= 11 is 0. The fourth-order valence-electron chi connectivity index (χ4n) is 1.70. The molecule has 0 bridgehead atoms. The highest BCUT2D eigenvalue weighted by Gasteiger charge is 2.27. The van der Waals surface area contributed by atoms with E-state index in [-0.39, 0.29) is 11.4 Å². The van der Waals surface area contributed by atoms with Crippen LogP contribution in [-0.4, -0.2) is 27.9 Å². The first-order valence-corrected chi connectivity index (χ1v) is 5.92. The zero-order chi connectivity index (χ0) is 13.9. The molecule has 0 spiro atoms. The second kappa shape index (κ2) is 5.21. The second-order valence-electron chi connectivity index (χ2n) is 5.28. The molecule has 0 aliphatic heterocycles. The maximum absolute atomic E-state index is 12.5. The van der Waals surface area contributed by atoms with Gasteiger partial charge in [0.1, 0.15) is 0 Å². The van der Waals surface area contributed by atoms with Crippen LogP contribution in [-0.2, 0) is 0 Å². The minimum absolute atomic E-state index is 0.0697. The molecule has 2 N–H and O–H groups in total. The Hall–Kier alpha value is -1.84. The molecule has 4 nitrogen and oxygen atoms in total. The van der Waals surface area contributed by atoms with Crippen molar-refractivity contribution in [3.8, 4) is 0 Å². The summed E-state index contributed by atoms with van der Waals surface area (Å²) in [6.07, 6.45) is 3.28. The highest BCUT2D eigenvalue weighted by atomic mass is 16.2. The molecule has 0 saturated heterocycles. The summed E-state index contributed by atoms with van der Waals surface area (Å²) in [7, 11) is 0. The van der Waals surface area contributed by atoms with Crippen LogP contribution in [0.5, 0.6) is 0 Å². The second-order valence-corrected chi connectivity index (χ2v) is 5.28. The molecule has 1 aromatic rings. The molecule has 0 unspecified atom stereocenters. The normalized spacial score (nSPS) is 11.1. The van der Waals surface area contributed by atoms with Crippen molar-refractivity contribution in [3.05, 3.63) is 36.2 Å². The molecule has 0 saturated carbocycles. The number of nitrogens with zero attached hydrogens (tertiary/aromatic N) is 2. The lowest BCUT2D eigenvalue weighted by Crippen LogP contribution is -2.46. The van der Waals surface area contributed by atoms with E-state index in [1.54, 1.807) is 30.2 Å². The number of carbonyl (C=O) groups excluding carboxylic acids is 1. The zero-order valence-corrected chi connectivity index (χ0v) is 11.5. The van der Waals surface area contributed by atoms with Crippen LogP contribution in [0.1, 0.15) is 36.8 Å². The van der Waals surface area contributed by atoms with Crippen LogP contribution in [0.3, 0.4) is 0 Å². The maximum atomic E-state index is 12.5. The monoisotopic (exact) mass is 247 g/mol. The number of nitrogens with two attached hydrogens (primary N) is 1. The van der Waals surface area contributed by atoms with Gasteiger partial charge in [-0.2, -0.15) is 0 Å². The minimum Gasteiger partial charge on any atom is -0.397 e. The van der Waals surface area contributed by atoms with Crippen molar-refractivity contribution in [2.45, 2.75) is 33.2 Å². The Morgan fingerprint density at radius 2 is 2.17 bits per heavy atom. The average Bonchev–Trinajstić information content (AvgIpc) is 2.27. The number of nitrogen functional groups attached to an aromatic ring is 1. The summed E-state index contributed by atoms with van der Waals surface area (Å²) < 4.78 is 0. The van der Waals surface area contributed by atoms with E-state index in [0.717, 1.165) is 0 Å². The number of pyridine rings is 1. The van der Waals surface area contributed by atoms with Crippen molar-refractivity contribution in [3.63, 3.8) is 0 Å². The molecule has 0 aromatic carbocycles. The van der Waals surface area contributed by atoms with Crippen molar-refractivity contribution < 1.29 is 4.79 Å². The lowest BCUT2D eigenvalue weighted by Gasteiger charge is -2.35. The van der Waals surface area contributed by atoms with E-state index in [9.17, 15) is 4.79 Å². The molecule has 0 fully saturated rings. The molecule has 0 aliphatic carbocycles. The van der Waals surface area contributed by atoms with Gasteiger partial charge in [-0.05, 0) is 33.8 Å². The SMILES string of the molecule is C=CCN(C(=O)c1cc(N)cnc1C)C(C)(C)C. The van der Waals surface area contributed by atoms with Crippen LogP contribution in [0.4, 0.5) is 5.69 Å². The predicted molar refractivity (Wildman–Crippen MR) is 74.4 cm³/mol. The van der Waals surface area contributed by atoms with Gasteiger partial charge in [0.25, 0.3) is 5.91 Å². The molecular weight excluding hydrogens is 226 g/mol. The number of amides is 1. The first kappa shape index (κ1) is 14.2. The highest BCUT2D eigenvalue weighted by molar-refractivity contribution is 5.96. The Balaban J connectivity index is 3.17. The molecule has 18 heavy (non-hydrogen) atoms. The van der Waals surface area contributed by atoms with Crippen molar-refractivity contribution in [1.29, 1.82) is 0 Å². The van der Waals surface area contributed by atoms with Crippen LogP contribution < -0.4 is 5.73 Å². The minimum atomic E-state index is -0.275. The highest BCUT2D eigenvalue weighted by Crippen LogP contribution is 2.19. The number of carbonyl (C=O) groups is 1. The van der Waals surface area contributed by atoms with Gasteiger partial charge in [0.2, 0.25) is 0 Å². The fourth-order valence-corrected chi connectivity index (χ4v) is 1.70. The molecule has 1 aromatic heterocycles.